The normalized spacial score (nSPS) is 12.0. The molecule has 0 fully saturated rings. The predicted molar refractivity (Wildman–Crippen MR) is 71.3 cm³/mol. The minimum absolute atomic E-state index is 1.11. The third-order valence-electron chi connectivity index (χ3n) is 3.01. The van der Waals surface area contributed by atoms with Crippen LogP contribution in [0.3, 0.4) is 0 Å². The number of rotatable bonds is 9. The molecular formula is C12H29GeN2. The van der Waals surface area contributed by atoms with E-state index < -0.39 is 14.8 Å². The molecule has 0 aromatic rings. The van der Waals surface area contributed by atoms with Crippen molar-refractivity contribution in [2.24, 2.45) is 0 Å². The van der Waals surface area contributed by atoms with E-state index in [2.05, 4.69) is 42.3 Å². The first kappa shape index (κ1) is 15.5. The molecular weight excluding hydrogens is 245 g/mol. The van der Waals surface area contributed by atoms with Gasteiger partial charge in [0.2, 0.25) is 0 Å². The molecule has 15 heavy (non-hydrogen) atoms. The molecule has 0 N–H and O–H groups in total. The molecule has 0 rings (SSSR count). The van der Waals surface area contributed by atoms with Crippen LogP contribution in [0.2, 0.25) is 5.25 Å². The summed E-state index contributed by atoms with van der Waals surface area (Å²) in [5, 5.41) is 1.49. The molecule has 0 aliphatic carbocycles. The van der Waals surface area contributed by atoms with Gasteiger partial charge in [-0.3, -0.25) is 0 Å². The quantitative estimate of drug-likeness (QED) is 0.596. The number of nitrogens with zero attached hydrogens (tertiary/aromatic N) is 2. The van der Waals surface area contributed by atoms with Gasteiger partial charge in [0, 0.05) is 0 Å². The van der Waals surface area contributed by atoms with Gasteiger partial charge >= 0.3 is 101 Å². The van der Waals surface area contributed by atoms with Crippen molar-refractivity contribution in [3.8, 4) is 0 Å². The zero-order chi connectivity index (χ0) is 11.7. The second-order valence-corrected chi connectivity index (χ2v) is 9.31. The van der Waals surface area contributed by atoms with E-state index in [0.29, 0.717) is 0 Å². The summed E-state index contributed by atoms with van der Waals surface area (Å²) in [5.41, 5.74) is 0. The van der Waals surface area contributed by atoms with E-state index in [0.717, 1.165) is 0 Å². The summed E-state index contributed by atoms with van der Waals surface area (Å²) in [6.45, 7) is 16.5. The maximum atomic E-state index is 2.75. The molecule has 1 radical (unpaired) electrons. The van der Waals surface area contributed by atoms with Crippen LogP contribution in [0.5, 0.6) is 0 Å². The fourth-order valence-electron chi connectivity index (χ4n) is 2.03. The Balaban J connectivity index is 4.38. The van der Waals surface area contributed by atoms with Gasteiger partial charge in [0.25, 0.3) is 0 Å². The molecule has 0 bridgehead atoms. The third-order valence-corrected chi connectivity index (χ3v) is 10.4. The number of hydrogen-bond acceptors (Lipinski definition) is 2. The van der Waals surface area contributed by atoms with Crippen LogP contribution in [-0.4, -0.2) is 48.7 Å². The van der Waals surface area contributed by atoms with Crippen molar-refractivity contribution < 1.29 is 0 Å². The van der Waals surface area contributed by atoms with Gasteiger partial charge in [0.15, 0.2) is 0 Å². The van der Waals surface area contributed by atoms with Crippen molar-refractivity contribution in [2.75, 3.05) is 26.2 Å². The fraction of sp³-hybridized carbons (Fsp3) is 1.00. The Bertz CT molecular complexity index is 122. The van der Waals surface area contributed by atoms with E-state index in [1.807, 2.05) is 0 Å². The first-order valence-corrected chi connectivity index (χ1v) is 9.96. The molecule has 0 saturated carbocycles. The Hall–Kier alpha value is 0.463. The Morgan fingerprint density at radius 1 is 0.733 bits per heavy atom. The summed E-state index contributed by atoms with van der Waals surface area (Å²) in [6, 6.07) is 0. The second kappa shape index (κ2) is 9.67. The van der Waals surface area contributed by atoms with Crippen LogP contribution in [0.25, 0.3) is 0 Å². The van der Waals surface area contributed by atoms with Crippen molar-refractivity contribution in [1.29, 1.82) is 0 Å². The summed E-state index contributed by atoms with van der Waals surface area (Å²) in [5.74, 6) is 0. The van der Waals surface area contributed by atoms with E-state index >= 15 is 0 Å². The Morgan fingerprint density at radius 3 is 1.40 bits per heavy atom. The molecule has 0 aliphatic heterocycles. The monoisotopic (exact) mass is 275 g/mol. The fourth-order valence-corrected chi connectivity index (χ4v) is 8.66. The van der Waals surface area contributed by atoms with Crippen LogP contribution in [0.1, 0.15) is 47.5 Å². The molecule has 0 spiro atoms. The summed E-state index contributed by atoms with van der Waals surface area (Å²) >= 11 is -1.11. The molecule has 0 heterocycles. The van der Waals surface area contributed by atoms with Crippen LogP contribution in [0.15, 0.2) is 0 Å². The SMILES string of the molecule is CCC[CH2][Ge]([N](CC)CC)[N](CC)CC. The molecule has 3 heteroatoms. The van der Waals surface area contributed by atoms with Gasteiger partial charge in [0.1, 0.15) is 0 Å². The molecule has 0 saturated heterocycles. The first-order chi connectivity index (χ1) is 7.24. The molecule has 91 valence electrons. The summed E-state index contributed by atoms with van der Waals surface area (Å²) in [4.78, 5) is 0. The first-order valence-electron chi connectivity index (χ1n) is 6.60. The third kappa shape index (κ3) is 5.36. The van der Waals surface area contributed by atoms with Crippen LogP contribution < -0.4 is 0 Å². The Labute approximate surface area is 102 Å². The minimum atomic E-state index is -1.11. The van der Waals surface area contributed by atoms with Gasteiger partial charge in [-0.25, -0.2) is 0 Å². The standard InChI is InChI=1S/C12H29GeN2/c1-6-11-12-13(14(7-2)8-3)15(9-4)10-5/h6-12H2,1-5H3. The van der Waals surface area contributed by atoms with Crippen LogP contribution >= 0.6 is 0 Å². The zero-order valence-electron chi connectivity index (χ0n) is 11.3. The molecule has 2 nitrogen and oxygen atoms in total. The van der Waals surface area contributed by atoms with Gasteiger partial charge < -0.3 is 0 Å². The van der Waals surface area contributed by atoms with E-state index in [-0.39, 0.29) is 0 Å². The average molecular weight is 274 g/mol. The average Bonchev–Trinajstić information content (AvgIpc) is 2.28. The van der Waals surface area contributed by atoms with Gasteiger partial charge in [-0.15, -0.1) is 0 Å². The summed E-state index contributed by atoms with van der Waals surface area (Å²) in [7, 11) is 0. The second-order valence-electron chi connectivity index (χ2n) is 3.86. The molecule has 0 aromatic heterocycles. The summed E-state index contributed by atoms with van der Waals surface area (Å²) < 4.78 is 5.51. The molecule has 0 atom stereocenters. The van der Waals surface area contributed by atoms with E-state index in [4.69, 9.17) is 0 Å². The number of unbranched alkanes of at least 4 members (excludes halogenated alkanes) is 1. The van der Waals surface area contributed by atoms with E-state index in [1.54, 1.807) is 0 Å². The molecule has 0 aliphatic rings. The number of hydrogen-bond donors (Lipinski definition) is 0. The van der Waals surface area contributed by atoms with Crippen molar-refractivity contribution in [2.45, 2.75) is 52.7 Å². The molecule has 0 amide bonds. The maximum absolute atomic E-state index is 2.75. The predicted octanol–water partition coefficient (Wildman–Crippen LogP) is 2.96. The van der Waals surface area contributed by atoms with Crippen LogP contribution in [0.4, 0.5) is 0 Å². The van der Waals surface area contributed by atoms with Gasteiger partial charge in [-0.1, -0.05) is 0 Å². The van der Waals surface area contributed by atoms with E-state index in [1.165, 1.54) is 44.3 Å². The Morgan fingerprint density at radius 2 is 1.13 bits per heavy atom. The molecule has 0 aromatic carbocycles. The van der Waals surface area contributed by atoms with Gasteiger partial charge in [-0.2, -0.15) is 0 Å². The Kier molecular flexibility index (Phi) is 9.97. The van der Waals surface area contributed by atoms with Gasteiger partial charge in [0.05, 0.1) is 0 Å². The molecule has 0 unspecified atom stereocenters. The van der Waals surface area contributed by atoms with Gasteiger partial charge in [-0.05, 0) is 0 Å². The van der Waals surface area contributed by atoms with Crippen LogP contribution in [-0.2, 0) is 0 Å². The van der Waals surface area contributed by atoms with Crippen LogP contribution in [0, 0.1) is 0 Å². The zero-order valence-corrected chi connectivity index (χ0v) is 13.4. The summed E-state index contributed by atoms with van der Waals surface area (Å²) in [6.07, 6.45) is 2.77. The van der Waals surface area contributed by atoms with Crippen molar-refractivity contribution in [3.63, 3.8) is 0 Å². The van der Waals surface area contributed by atoms with Crippen molar-refractivity contribution in [3.05, 3.63) is 0 Å². The van der Waals surface area contributed by atoms with Crippen molar-refractivity contribution >= 4 is 14.8 Å². The van der Waals surface area contributed by atoms with Crippen molar-refractivity contribution in [1.82, 2.24) is 7.71 Å². The van der Waals surface area contributed by atoms with E-state index in [9.17, 15) is 0 Å². The topological polar surface area (TPSA) is 6.48 Å².